The Morgan fingerprint density at radius 3 is 2.64 bits per heavy atom. The molecule has 2 unspecified atom stereocenters. The highest BCUT2D eigenvalue weighted by Gasteiger charge is 2.28. The second-order valence-corrected chi connectivity index (χ2v) is 6.85. The number of morpholine rings is 1. The van der Waals surface area contributed by atoms with E-state index in [1.54, 1.807) is 18.2 Å². The Balaban J connectivity index is 1.77. The van der Waals surface area contributed by atoms with Gasteiger partial charge in [0.2, 0.25) is 0 Å². The van der Waals surface area contributed by atoms with Gasteiger partial charge in [-0.05, 0) is 49.2 Å². The zero-order valence-electron chi connectivity index (χ0n) is 16.0. The van der Waals surface area contributed by atoms with Crippen molar-refractivity contribution in [3.63, 3.8) is 0 Å². The van der Waals surface area contributed by atoms with Crippen LogP contribution in [0.4, 0.5) is 8.78 Å². The van der Waals surface area contributed by atoms with Crippen LogP contribution >= 0.6 is 0 Å². The van der Waals surface area contributed by atoms with Crippen LogP contribution in [0.3, 0.4) is 0 Å². The van der Waals surface area contributed by atoms with Crippen molar-refractivity contribution in [3.05, 3.63) is 65.2 Å². The number of benzene rings is 2. The van der Waals surface area contributed by atoms with Crippen LogP contribution in [-0.2, 0) is 11.3 Å². The van der Waals surface area contributed by atoms with Crippen molar-refractivity contribution in [2.45, 2.75) is 32.6 Å². The van der Waals surface area contributed by atoms with Crippen LogP contribution in [0.5, 0.6) is 5.75 Å². The van der Waals surface area contributed by atoms with E-state index in [1.165, 1.54) is 24.3 Å². The lowest BCUT2D eigenvalue weighted by Gasteiger charge is -2.38. The first-order valence-corrected chi connectivity index (χ1v) is 9.38. The second kappa shape index (κ2) is 9.01. The van der Waals surface area contributed by atoms with E-state index in [9.17, 15) is 13.9 Å². The maximum absolute atomic E-state index is 13.6. The van der Waals surface area contributed by atoms with Gasteiger partial charge >= 0.3 is 0 Å². The maximum atomic E-state index is 13.6. The number of guanidine groups is 1. The first kappa shape index (κ1) is 20.1. The van der Waals surface area contributed by atoms with Gasteiger partial charge in [0.1, 0.15) is 11.9 Å². The number of phenolic OH excluding ortho intramolecular Hbond substituents is 1. The summed E-state index contributed by atoms with van der Waals surface area (Å²) in [5, 5.41) is 12.6. The molecule has 1 aliphatic heterocycles. The molecule has 150 valence electrons. The van der Waals surface area contributed by atoms with Gasteiger partial charge < -0.3 is 20.1 Å². The number of ether oxygens (including phenoxy) is 1. The number of aliphatic imine (C=N–C) groups is 1. The summed E-state index contributed by atoms with van der Waals surface area (Å²) in [5.74, 6) is -0.600. The molecule has 1 aliphatic rings. The minimum atomic E-state index is -0.658. The predicted octanol–water partition coefficient (Wildman–Crippen LogP) is 3.60. The molecule has 0 amide bonds. The van der Waals surface area contributed by atoms with Gasteiger partial charge in [0.15, 0.2) is 17.5 Å². The molecule has 7 heteroatoms. The highest BCUT2D eigenvalue weighted by Crippen LogP contribution is 2.25. The fourth-order valence-electron chi connectivity index (χ4n) is 3.23. The average molecular weight is 389 g/mol. The summed E-state index contributed by atoms with van der Waals surface area (Å²) in [7, 11) is 0. The molecular formula is C21H25F2N3O2. The largest absolute Gasteiger partial charge is 0.505 e. The molecular weight excluding hydrogens is 364 g/mol. The first-order valence-electron chi connectivity index (χ1n) is 9.38. The number of aromatic hydroxyl groups is 1. The van der Waals surface area contributed by atoms with E-state index in [1.807, 2.05) is 13.8 Å². The van der Waals surface area contributed by atoms with Gasteiger partial charge in [-0.1, -0.05) is 18.2 Å². The fraction of sp³-hybridized carbons (Fsp3) is 0.381. The van der Waals surface area contributed by atoms with Crippen LogP contribution in [0.2, 0.25) is 0 Å². The number of rotatable bonds is 4. The lowest BCUT2D eigenvalue weighted by atomic mass is 10.1. The summed E-state index contributed by atoms with van der Waals surface area (Å²) < 4.78 is 32.8. The van der Waals surface area contributed by atoms with E-state index in [0.717, 1.165) is 5.56 Å². The number of halogens is 2. The molecule has 1 fully saturated rings. The molecule has 0 aromatic heterocycles. The SMILES string of the molecule is CCNC(=NCc1ccc(O)c(F)c1)N1CC(C)OC(c2ccc(F)cc2)C1. The van der Waals surface area contributed by atoms with Crippen LogP contribution in [0.25, 0.3) is 0 Å². The molecule has 0 saturated carbocycles. The van der Waals surface area contributed by atoms with Crippen molar-refractivity contribution in [3.8, 4) is 5.75 Å². The van der Waals surface area contributed by atoms with Gasteiger partial charge in [-0.2, -0.15) is 0 Å². The average Bonchev–Trinajstić information content (AvgIpc) is 2.68. The molecule has 2 aromatic rings. The molecule has 0 spiro atoms. The Hall–Kier alpha value is -2.67. The molecule has 28 heavy (non-hydrogen) atoms. The van der Waals surface area contributed by atoms with E-state index in [4.69, 9.17) is 4.74 Å². The normalized spacial score (nSPS) is 20.3. The molecule has 3 rings (SSSR count). The van der Waals surface area contributed by atoms with Gasteiger partial charge in [-0.25, -0.2) is 13.8 Å². The predicted molar refractivity (Wildman–Crippen MR) is 104 cm³/mol. The summed E-state index contributed by atoms with van der Waals surface area (Å²) >= 11 is 0. The Kier molecular flexibility index (Phi) is 6.46. The van der Waals surface area contributed by atoms with Crippen molar-refractivity contribution in [2.75, 3.05) is 19.6 Å². The Morgan fingerprint density at radius 1 is 1.21 bits per heavy atom. The van der Waals surface area contributed by atoms with Crippen LogP contribution in [0, 0.1) is 11.6 Å². The Labute approximate surface area is 163 Å². The third-order valence-corrected chi connectivity index (χ3v) is 4.56. The maximum Gasteiger partial charge on any atom is 0.194 e. The quantitative estimate of drug-likeness (QED) is 0.620. The zero-order chi connectivity index (χ0) is 20.1. The minimum Gasteiger partial charge on any atom is -0.505 e. The van der Waals surface area contributed by atoms with Crippen molar-refractivity contribution in [2.24, 2.45) is 4.99 Å². The second-order valence-electron chi connectivity index (χ2n) is 6.85. The summed E-state index contributed by atoms with van der Waals surface area (Å²) in [5.41, 5.74) is 1.58. The number of hydrogen-bond donors (Lipinski definition) is 2. The molecule has 1 heterocycles. The fourth-order valence-corrected chi connectivity index (χ4v) is 3.23. The van der Waals surface area contributed by atoms with Gasteiger partial charge in [-0.3, -0.25) is 0 Å². The smallest absolute Gasteiger partial charge is 0.194 e. The molecule has 1 saturated heterocycles. The Bertz CT molecular complexity index is 827. The van der Waals surface area contributed by atoms with Crippen molar-refractivity contribution >= 4 is 5.96 Å². The van der Waals surface area contributed by atoms with Gasteiger partial charge in [-0.15, -0.1) is 0 Å². The van der Waals surface area contributed by atoms with Crippen LogP contribution < -0.4 is 5.32 Å². The van der Waals surface area contributed by atoms with Crippen LogP contribution in [-0.4, -0.2) is 41.7 Å². The lowest BCUT2D eigenvalue weighted by Crippen LogP contribution is -2.50. The number of hydrogen-bond acceptors (Lipinski definition) is 3. The standard InChI is InChI=1S/C21H25F2N3O2/c1-3-24-21(25-11-15-4-9-19(27)18(23)10-15)26-12-14(2)28-20(13-26)16-5-7-17(22)8-6-16/h4-10,14,20,27H,3,11-13H2,1-2H3,(H,24,25). The first-order chi connectivity index (χ1) is 13.5. The number of nitrogens with one attached hydrogen (secondary N) is 1. The number of phenols is 1. The zero-order valence-corrected chi connectivity index (χ0v) is 16.0. The van der Waals surface area contributed by atoms with E-state index in [2.05, 4.69) is 15.2 Å². The van der Waals surface area contributed by atoms with E-state index >= 15 is 0 Å². The summed E-state index contributed by atoms with van der Waals surface area (Å²) in [4.78, 5) is 6.72. The lowest BCUT2D eigenvalue weighted by molar-refractivity contribution is -0.0605. The molecule has 0 radical (unpaired) electrons. The molecule has 0 aliphatic carbocycles. The molecule has 2 N–H and O–H groups in total. The summed E-state index contributed by atoms with van der Waals surface area (Å²) in [6.45, 7) is 6.18. The monoisotopic (exact) mass is 389 g/mol. The van der Waals surface area contributed by atoms with Crippen molar-refractivity contribution in [1.29, 1.82) is 0 Å². The minimum absolute atomic E-state index is 0.0289. The van der Waals surface area contributed by atoms with E-state index in [0.29, 0.717) is 31.2 Å². The van der Waals surface area contributed by atoms with Crippen LogP contribution in [0.15, 0.2) is 47.5 Å². The summed E-state index contributed by atoms with van der Waals surface area (Å²) in [6.07, 6.45) is -0.224. The highest BCUT2D eigenvalue weighted by molar-refractivity contribution is 5.80. The Morgan fingerprint density at radius 2 is 1.96 bits per heavy atom. The highest BCUT2D eigenvalue weighted by atomic mass is 19.1. The van der Waals surface area contributed by atoms with Gasteiger partial charge in [0.05, 0.1) is 19.2 Å². The van der Waals surface area contributed by atoms with E-state index < -0.39 is 5.82 Å². The number of nitrogens with zero attached hydrogens (tertiary/aromatic N) is 2. The van der Waals surface area contributed by atoms with Crippen molar-refractivity contribution in [1.82, 2.24) is 10.2 Å². The topological polar surface area (TPSA) is 57.1 Å². The van der Waals surface area contributed by atoms with E-state index in [-0.39, 0.29) is 30.3 Å². The summed E-state index contributed by atoms with van der Waals surface area (Å²) in [6, 6.07) is 10.6. The van der Waals surface area contributed by atoms with Gasteiger partial charge in [0.25, 0.3) is 0 Å². The molecule has 5 nitrogen and oxygen atoms in total. The molecule has 2 aromatic carbocycles. The van der Waals surface area contributed by atoms with Crippen molar-refractivity contribution < 1.29 is 18.6 Å². The molecule has 2 atom stereocenters. The third-order valence-electron chi connectivity index (χ3n) is 4.56. The van der Waals surface area contributed by atoms with Crippen LogP contribution in [0.1, 0.15) is 31.1 Å². The molecule has 0 bridgehead atoms. The third kappa shape index (κ3) is 4.98. The van der Waals surface area contributed by atoms with Gasteiger partial charge in [0, 0.05) is 13.1 Å².